The van der Waals surface area contributed by atoms with Crippen LogP contribution in [0.4, 0.5) is 10.5 Å². The second kappa shape index (κ2) is 7.57. The van der Waals surface area contributed by atoms with Gasteiger partial charge < -0.3 is 10.6 Å². The number of aromatic nitrogens is 2. The van der Waals surface area contributed by atoms with E-state index < -0.39 is 0 Å². The molecule has 0 unspecified atom stereocenters. The second-order valence-corrected chi connectivity index (χ2v) is 6.69. The smallest absolute Gasteiger partial charge is 0.319 e. The summed E-state index contributed by atoms with van der Waals surface area (Å²) in [7, 11) is 1.86. The van der Waals surface area contributed by atoms with E-state index in [0.717, 1.165) is 22.4 Å². The van der Waals surface area contributed by atoms with Gasteiger partial charge in [-0.25, -0.2) is 4.79 Å². The van der Waals surface area contributed by atoms with Crippen molar-refractivity contribution in [2.24, 2.45) is 7.05 Å². The lowest BCUT2D eigenvalue weighted by Gasteiger charge is -2.20. The molecule has 1 aliphatic rings. The van der Waals surface area contributed by atoms with Gasteiger partial charge in [0, 0.05) is 24.6 Å². The molecule has 0 bridgehead atoms. The van der Waals surface area contributed by atoms with Crippen LogP contribution in [0, 0.1) is 6.92 Å². The van der Waals surface area contributed by atoms with Gasteiger partial charge in [-0.05, 0) is 19.8 Å². The topological polar surface area (TPSA) is 59.0 Å². The molecule has 0 aliphatic heterocycles. The first-order chi connectivity index (χ1) is 9.66. The van der Waals surface area contributed by atoms with Gasteiger partial charge >= 0.3 is 6.03 Å². The average molecular weight is 296 g/mol. The van der Waals surface area contributed by atoms with E-state index in [1.165, 1.54) is 32.1 Å². The normalized spacial score (nSPS) is 16.1. The van der Waals surface area contributed by atoms with Crippen molar-refractivity contribution in [3.63, 3.8) is 0 Å². The number of hydrogen-bond acceptors (Lipinski definition) is 3. The van der Waals surface area contributed by atoms with Gasteiger partial charge in [-0.15, -0.1) is 0 Å². The Balaban J connectivity index is 1.61. The minimum Gasteiger partial charge on any atom is -0.337 e. The van der Waals surface area contributed by atoms with E-state index in [4.69, 9.17) is 0 Å². The molecule has 0 aromatic carbocycles. The molecule has 1 fully saturated rings. The summed E-state index contributed by atoms with van der Waals surface area (Å²) >= 11 is 1.99. The van der Waals surface area contributed by atoms with E-state index in [-0.39, 0.29) is 6.03 Å². The van der Waals surface area contributed by atoms with Crippen LogP contribution in [-0.4, -0.2) is 33.4 Å². The Labute approximate surface area is 124 Å². The van der Waals surface area contributed by atoms with E-state index in [9.17, 15) is 4.79 Å². The summed E-state index contributed by atoms with van der Waals surface area (Å²) in [6.07, 6.45) is 8.48. The van der Waals surface area contributed by atoms with Gasteiger partial charge in [0.25, 0.3) is 0 Å². The van der Waals surface area contributed by atoms with E-state index in [2.05, 4.69) is 15.7 Å². The fourth-order valence-corrected chi connectivity index (χ4v) is 3.63. The summed E-state index contributed by atoms with van der Waals surface area (Å²) in [6.45, 7) is 2.65. The van der Waals surface area contributed by atoms with Crippen molar-refractivity contribution in [2.45, 2.75) is 44.3 Å². The number of nitrogens with zero attached hydrogens (tertiary/aromatic N) is 2. The summed E-state index contributed by atoms with van der Waals surface area (Å²) in [6, 6.07) is -0.148. The molecule has 1 aromatic heterocycles. The zero-order valence-corrected chi connectivity index (χ0v) is 13.1. The first-order valence-electron chi connectivity index (χ1n) is 7.32. The van der Waals surface area contributed by atoms with Crippen LogP contribution in [0.3, 0.4) is 0 Å². The molecule has 112 valence electrons. The summed E-state index contributed by atoms with van der Waals surface area (Å²) < 4.78 is 1.74. The Morgan fingerprint density at radius 2 is 2.20 bits per heavy atom. The largest absolute Gasteiger partial charge is 0.337 e. The van der Waals surface area contributed by atoms with Gasteiger partial charge in [0.15, 0.2) is 0 Å². The number of aryl methyl sites for hydroxylation is 1. The number of thioether (sulfide) groups is 1. The van der Waals surface area contributed by atoms with Gasteiger partial charge in [0.2, 0.25) is 0 Å². The highest BCUT2D eigenvalue weighted by atomic mass is 32.2. The zero-order chi connectivity index (χ0) is 14.4. The molecule has 1 heterocycles. The van der Waals surface area contributed by atoms with Crippen molar-refractivity contribution in [3.05, 3.63) is 11.9 Å². The van der Waals surface area contributed by atoms with Crippen LogP contribution < -0.4 is 10.6 Å². The Bertz CT molecular complexity index is 440. The molecule has 0 radical (unpaired) electrons. The molecule has 2 N–H and O–H groups in total. The molecule has 1 aromatic rings. The summed E-state index contributed by atoms with van der Waals surface area (Å²) in [4.78, 5) is 11.8. The maximum atomic E-state index is 11.8. The summed E-state index contributed by atoms with van der Waals surface area (Å²) in [5, 5.41) is 10.6. The van der Waals surface area contributed by atoms with Crippen molar-refractivity contribution in [1.29, 1.82) is 0 Å². The van der Waals surface area contributed by atoms with Crippen LogP contribution in [0.1, 0.15) is 37.8 Å². The number of nitrogens with one attached hydrogen (secondary N) is 2. The first-order valence-corrected chi connectivity index (χ1v) is 8.37. The van der Waals surface area contributed by atoms with Gasteiger partial charge in [0.05, 0.1) is 17.6 Å². The van der Waals surface area contributed by atoms with E-state index in [1.54, 1.807) is 10.9 Å². The molecule has 0 saturated heterocycles. The van der Waals surface area contributed by atoms with E-state index in [1.807, 2.05) is 25.7 Å². The number of hydrogen-bond donors (Lipinski definition) is 2. The van der Waals surface area contributed by atoms with Crippen molar-refractivity contribution in [1.82, 2.24) is 15.1 Å². The molecule has 1 aliphatic carbocycles. The molecule has 0 spiro atoms. The van der Waals surface area contributed by atoms with Gasteiger partial charge in [-0.3, -0.25) is 4.68 Å². The van der Waals surface area contributed by atoms with Crippen LogP contribution >= 0.6 is 11.8 Å². The minimum absolute atomic E-state index is 0.148. The fourth-order valence-electron chi connectivity index (χ4n) is 2.41. The number of rotatable bonds is 5. The highest BCUT2D eigenvalue weighted by molar-refractivity contribution is 7.99. The molecule has 20 heavy (non-hydrogen) atoms. The molecule has 2 amide bonds. The third-order valence-electron chi connectivity index (χ3n) is 3.78. The molecular formula is C14H24N4OS. The molecule has 6 heteroatoms. The van der Waals surface area contributed by atoms with Crippen LogP contribution in [0.5, 0.6) is 0 Å². The van der Waals surface area contributed by atoms with E-state index >= 15 is 0 Å². The van der Waals surface area contributed by atoms with Crippen LogP contribution in [0.15, 0.2) is 6.20 Å². The van der Waals surface area contributed by atoms with Gasteiger partial charge in [-0.2, -0.15) is 16.9 Å². The Kier molecular flexibility index (Phi) is 5.76. The van der Waals surface area contributed by atoms with Gasteiger partial charge in [0.1, 0.15) is 0 Å². The lowest BCUT2D eigenvalue weighted by Crippen LogP contribution is -2.31. The Morgan fingerprint density at radius 3 is 2.85 bits per heavy atom. The lowest BCUT2D eigenvalue weighted by atomic mass is 10.0. The quantitative estimate of drug-likeness (QED) is 0.821. The fraction of sp³-hybridized carbons (Fsp3) is 0.714. The number of carbonyl (C=O) groups is 1. The van der Waals surface area contributed by atoms with Gasteiger partial charge in [-0.1, -0.05) is 19.3 Å². The third kappa shape index (κ3) is 4.44. The highest BCUT2D eigenvalue weighted by Crippen LogP contribution is 2.27. The van der Waals surface area contributed by atoms with Crippen LogP contribution in [0.2, 0.25) is 0 Å². The molecule has 5 nitrogen and oxygen atoms in total. The van der Waals surface area contributed by atoms with E-state index in [0.29, 0.717) is 6.54 Å². The molecule has 2 rings (SSSR count). The minimum atomic E-state index is -0.148. The van der Waals surface area contributed by atoms with Crippen molar-refractivity contribution >= 4 is 23.5 Å². The number of carbonyl (C=O) groups excluding carboxylic acids is 1. The second-order valence-electron chi connectivity index (χ2n) is 5.28. The predicted octanol–water partition coefficient (Wildman–Crippen LogP) is 2.92. The third-order valence-corrected chi connectivity index (χ3v) is 5.16. The first kappa shape index (κ1) is 15.2. The maximum absolute atomic E-state index is 11.8. The summed E-state index contributed by atoms with van der Waals surface area (Å²) in [5.74, 6) is 0.990. The standard InChI is InChI=1S/C14H24N4OS/c1-11-13(10-16-18(11)2)17-14(19)15-8-9-20-12-6-4-3-5-7-12/h10,12H,3-9H2,1-2H3,(H2,15,17,19). The van der Waals surface area contributed by atoms with Crippen LogP contribution in [-0.2, 0) is 7.05 Å². The SMILES string of the molecule is Cc1c(NC(=O)NCCSC2CCCCC2)cnn1C. The molecular weight excluding hydrogens is 272 g/mol. The Morgan fingerprint density at radius 1 is 1.45 bits per heavy atom. The molecule has 1 saturated carbocycles. The maximum Gasteiger partial charge on any atom is 0.319 e. The predicted molar refractivity (Wildman–Crippen MR) is 84.3 cm³/mol. The number of anilines is 1. The lowest BCUT2D eigenvalue weighted by molar-refractivity contribution is 0.252. The zero-order valence-electron chi connectivity index (χ0n) is 12.3. The number of urea groups is 1. The molecule has 0 atom stereocenters. The number of amides is 2. The van der Waals surface area contributed by atoms with Crippen molar-refractivity contribution < 1.29 is 4.79 Å². The van der Waals surface area contributed by atoms with Crippen LogP contribution in [0.25, 0.3) is 0 Å². The monoisotopic (exact) mass is 296 g/mol. The van der Waals surface area contributed by atoms with Crippen molar-refractivity contribution in [3.8, 4) is 0 Å². The summed E-state index contributed by atoms with van der Waals surface area (Å²) in [5.41, 5.74) is 1.72. The highest BCUT2D eigenvalue weighted by Gasteiger charge is 2.13. The Hall–Kier alpha value is -1.17. The van der Waals surface area contributed by atoms with Crippen molar-refractivity contribution in [2.75, 3.05) is 17.6 Å². The average Bonchev–Trinajstić information content (AvgIpc) is 2.77.